The van der Waals surface area contributed by atoms with Crippen molar-refractivity contribution in [2.75, 3.05) is 0 Å². The molecular weight excluding hydrogens is 300 g/mol. The van der Waals surface area contributed by atoms with Crippen molar-refractivity contribution in [1.29, 1.82) is 0 Å². The van der Waals surface area contributed by atoms with Crippen molar-refractivity contribution in [3.05, 3.63) is 68.7 Å². The topological polar surface area (TPSA) is 20.2 Å². The highest BCUT2D eigenvalue weighted by Crippen LogP contribution is 2.29. The SMILES string of the molecule is Cc1c(Cl)cccc1[C@H](O)c1ccc(Br)cc1. The highest BCUT2D eigenvalue weighted by atomic mass is 79.9. The lowest BCUT2D eigenvalue weighted by molar-refractivity contribution is 0.219. The monoisotopic (exact) mass is 310 g/mol. The number of halogens is 2. The van der Waals surface area contributed by atoms with Crippen molar-refractivity contribution < 1.29 is 5.11 Å². The molecule has 2 rings (SSSR count). The van der Waals surface area contributed by atoms with Gasteiger partial charge in [0, 0.05) is 9.50 Å². The normalized spacial score (nSPS) is 12.5. The van der Waals surface area contributed by atoms with Crippen LogP contribution in [0.25, 0.3) is 0 Å². The van der Waals surface area contributed by atoms with Crippen LogP contribution in [0.2, 0.25) is 5.02 Å². The molecule has 0 aliphatic rings. The maximum atomic E-state index is 10.3. The zero-order valence-electron chi connectivity index (χ0n) is 9.32. The lowest BCUT2D eigenvalue weighted by Crippen LogP contribution is -2.02. The highest BCUT2D eigenvalue weighted by molar-refractivity contribution is 9.10. The van der Waals surface area contributed by atoms with E-state index in [0.29, 0.717) is 5.02 Å². The summed E-state index contributed by atoms with van der Waals surface area (Å²) in [6, 6.07) is 13.2. The summed E-state index contributed by atoms with van der Waals surface area (Å²) in [5.41, 5.74) is 2.63. The summed E-state index contributed by atoms with van der Waals surface area (Å²) in [6.45, 7) is 1.92. The minimum absolute atomic E-state index is 0.637. The van der Waals surface area contributed by atoms with E-state index in [1.54, 1.807) is 0 Å². The predicted octanol–water partition coefficient (Wildman–Crippen LogP) is 4.49. The number of benzene rings is 2. The highest BCUT2D eigenvalue weighted by Gasteiger charge is 2.13. The molecule has 0 bridgehead atoms. The third-order valence-electron chi connectivity index (χ3n) is 2.79. The molecule has 0 radical (unpaired) electrons. The number of hydrogen-bond donors (Lipinski definition) is 1. The van der Waals surface area contributed by atoms with Crippen LogP contribution in [-0.2, 0) is 0 Å². The summed E-state index contributed by atoms with van der Waals surface area (Å²) in [5.74, 6) is 0. The molecule has 0 aliphatic heterocycles. The first-order valence-electron chi connectivity index (χ1n) is 5.28. The van der Waals surface area contributed by atoms with Gasteiger partial charge in [-0.25, -0.2) is 0 Å². The van der Waals surface area contributed by atoms with Crippen LogP contribution in [0.15, 0.2) is 46.9 Å². The van der Waals surface area contributed by atoms with Crippen molar-refractivity contribution in [2.24, 2.45) is 0 Å². The van der Waals surface area contributed by atoms with E-state index in [4.69, 9.17) is 11.6 Å². The largest absolute Gasteiger partial charge is 0.384 e. The second-order valence-electron chi connectivity index (χ2n) is 3.91. The molecule has 1 atom stereocenters. The first-order valence-corrected chi connectivity index (χ1v) is 6.45. The van der Waals surface area contributed by atoms with Crippen LogP contribution >= 0.6 is 27.5 Å². The Morgan fingerprint density at radius 3 is 2.41 bits per heavy atom. The van der Waals surface area contributed by atoms with Crippen LogP contribution in [0.3, 0.4) is 0 Å². The summed E-state index contributed by atoms with van der Waals surface area (Å²) in [6.07, 6.45) is -0.637. The van der Waals surface area contributed by atoms with Crippen LogP contribution in [0.5, 0.6) is 0 Å². The quantitative estimate of drug-likeness (QED) is 0.866. The van der Waals surface area contributed by atoms with Gasteiger partial charge in [0.25, 0.3) is 0 Å². The summed E-state index contributed by atoms with van der Waals surface area (Å²) < 4.78 is 0.997. The maximum Gasteiger partial charge on any atom is 0.104 e. The first-order chi connectivity index (χ1) is 8.09. The molecule has 0 unspecified atom stereocenters. The van der Waals surface area contributed by atoms with Crippen LogP contribution in [-0.4, -0.2) is 5.11 Å². The van der Waals surface area contributed by atoms with Crippen LogP contribution < -0.4 is 0 Å². The molecule has 0 spiro atoms. The fourth-order valence-electron chi connectivity index (χ4n) is 1.75. The van der Waals surface area contributed by atoms with E-state index >= 15 is 0 Å². The fraction of sp³-hybridized carbons (Fsp3) is 0.143. The van der Waals surface area contributed by atoms with E-state index in [0.717, 1.165) is 21.2 Å². The van der Waals surface area contributed by atoms with E-state index in [-0.39, 0.29) is 0 Å². The Morgan fingerprint density at radius 2 is 1.76 bits per heavy atom. The van der Waals surface area contributed by atoms with Crippen molar-refractivity contribution >= 4 is 27.5 Å². The summed E-state index contributed by atoms with van der Waals surface area (Å²) in [4.78, 5) is 0. The molecule has 2 aromatic rings. The van der Waals surface area contributed by atoms with E-state index < -0.39 is 6.10 Å². The first kappa shape index (κ1) is 12.6. The molecule has 0 heterocycles. The van der Waals surface area contributed by atoms with Crippen LogP contribution in [0.4, 0.5) is 0 Å². The minimum atomic E-state index is -0.637. The number of hydrogen-bond acceptors (Lipinski definition) is 1. The van der Waals surface area contributed by atoms with E-state index in [9.17, 15) is 5.11 Å². The molecule has 0 fully saturated rings. The van der Waals surface area contributed by atoms with Crippen molar-refractivity contribution in [1.82, 2.24) is 0 Å². The van der Waals surface area contributed by atoms with E-state index in [1.807, 2.05) is 49.4 Å². The fourth-order valence-corrected chi connectivity index (χ4v) is 2.19. The lowest BCUT2D eigenvalue weighted by atomic mass is 9.98. The third-order valence-corrected chi connectivity index (χ3v) is 3.73. The van der Waals surface area contributed by atoms with Gasteiger partial charge in [0.15, 0.2) is 0 Å². The predicted molar refractivity (Wildman–Crippen MR) is 74.4 cm³/mol. The standard InChI is InChI=1S/C14H12BrClO/c1-9-12(3-2-4-13(9)16)14(17)10-5-7-11(15)8-6-10/h2-8,14,17H,1H3/t14-/m1/s1. The molecule has 88 valence electrons. The lowest BCUT2D eigenvalue weighted by Gasteiger charge is -2.15. The second-order valence-corrected chi connectivity index (χ2v) is 5.23. The van der Waals surface area contributed by atoms with Crippen LogP contribution in [0.1, 0.15) is 22.8 Å². The Bertz CT molecular complexity index is 522. The zero-order valence-corrected chi connectivity index (χ0v) is 11.7. The van der Waals surface area contributed by atoms with E-state index in [2.05, 4.69) is 15.9 Å². The Kier molecular flexibility index (Phi) is 3.87. The molecule has 1 nitrogen and oxygen atoms in total. The average molecular weight is 312 g/mol. The molecule has 0 saturated carbocycles. The van der Waals surface area contributed by atoms with Gasteiger partial charge in [-0.1, -0.05) is 51.8 Å². The molecule has 0 aromatic heterocycles. The van der Waals surface area contributed by atoms with Gasteiger partial charge in [0.2, 0.25) is 0 Å². The zero-order chi connectivity index (χ0) is 12.4. The molecule has 1 N–H and O–H groups in total. The van der Waals surface area contributed by atoms with Crippen molar-refractivity contribution in [3.8, 4) is 0 Å². The summed E-state index contributed by atoms with van der Waals surface area (Å²) in [5, 5.41) is 11.0. The molecule has 0 aliphatic carbocycles. The molecule has 2 aromatic carbocycles. The number of aliphatic hydroxyl groups excluding tert-OH is 1. The molecule has 3 heteroatoms. The maximum absolute atomic E-state index is 10.3. The Labute approximate surface area is 114 Å². The van der Waals surface area contributed by atoms with Gasteiger partial charge < -0.3 is 5.11 Å². The summed E-state index contributed by atoms with van der Waals surface area (Å²) in [7, 11) is 0. The van der Waals surface area contributed by atoms with Gasteiger partial charge >= 0.3 is 0 Å². The summed E-state index contributed by atoms with van der Waals surface area (Å²) >= 11 is 9.43. The van der Waals surface area contributed by atoms with Crippen molar-refractivity contribution in [2.45, 2.75) is 13.0 Å². The van der Waals surface area contributed by atoms with Crippen LogP contribution in [0, 0.1) is 6.92 Å². The van der Waals surface area contributed by atoms with Crippen molar-refractivity contribution in [3.63, 3.8) is 0 Å². The van der Waals surface area contributed by atoms with Gasteiger partial charge in [0.1, 0.15) is 6.10 Å². The molecule has 0 amide bonds. The Morgan fingerprint density at radius 1 is 1.12 bits per heavy atom. The van der Waals surface area contributed by atoms with E-state index in [1.165, 1.54) is 0 Å². The molecular formula is C14H12BrClO. The Hall–Kier alpha value is -0.830. The average Bonchev–Trinajstić information content (AvgIpc) is 2.33. The minimum Gasteiger partial charge on any atom is -0.384 e. The molecule has 17 heavy (non-hydrogen) atoms. The van der Waals surface area contributed by atoms with Gasteiger partial charge in [-0.05, 0) is 41.8 Å². The van der Waals surface area contributed by atoms with Gasteiger partial charge in [-0.15, -0.1) is 0 Å². The second kappa shape index (κ2) is 5.21. The number of aliphatic hydroxyl groups is 1. The van der Waals surface area contributed by atoms with Gasteiger partial charge in [-0.2, -0.15) is 0 Å². The Balaban J connectivity index is 2.40. The van der Waals surface area contributed by atoms with Gasteiger partial charge in [-0.3, -0.25) is 0 Å². The van der Waals surface area contributed by atoms with Gasteiger partial charge in [0.05, 0.1) is 0 Å². The third kappa shape index (κ3) is 2.71. The molecule has 0 saturated heterocycles. The number of rotatable bonds is 2. The smallest absolute Gasteiger partial charge is 0.104 e.